The molecule has 6 nitrogen and oxygen atoms in total. The number of rotatable bonds is 4. The maximum Gasteiger partial charge on any atom is 0.310 e. The summed E-state index contributed by atoms with van der Waals surface area (Å²) < 4.78 is 4.65. The van der Waals surface area contributed by atoms with Crippen LogP contribution in [-0.2, 0) is 9.53 Å². The number of carbonyl (C=O) groups excluding carboxylic acids is 2. The highest BCUT2D eigenvalue weighted by molar-refractivity contribution is 5.96. The zero-order valence-corrected chi connectivity index (χ0v) is 12.4. The van der Waals surface area contributed by atoms with Crippen molar-refractivity contribution in [3.05, 3.63) is 29.6 Å². The van der Waals surface area contributed by atoms with Crippen molar-refractivity contribution in [3.63, 3.8) is 0 Å². The Bertz CT molecular complexity index is 575. The predicted molar refractivity (Wildman–Crippen MR) is 78.3 cm³/mol. The second-order valence-corrected chi connectivity index (χ2v) is 4.54. The molecule has 1 rings (SSSR count). The third-order valence-corrected chi connectivity index (χ3v) is 2.87. The van der Waals surface area contributed by atoms with E-state index < -0.39 is 5.92 Å². The standard InChI is InChI=1S/C15H19N3O3/c1-11(15(20)21-3)10-18(2)14(19)13-6-8-17-9-12(13)5-4-7-16/h6,8-9,11H,7,10,16H2,1-3H3. The van der Waals surface area contributed by atoms with E-state index in [4.69, 9.17) is 5.73 Å². The Hall–Kier alpha value is -2.39. The van der Waals surface area contributed by atoms with Gasteiger partial charge in [0.15, 0.2) is 0 Å². The van der Waals surface area contributed by atoms with Gasteiger partial charge in [-0.1, -0.05) is 18.8 Å². The molecule has 112 valence electrons. The van der Waals surface area contributed by atoms with Crippen molar-refractivity contribution < 1.29 is 14.3 Å². The fraction of sp³-hybridized carbons (Fsp3) is 0.400. The van der Waals surface area contributed by atoms with Crippen LogP contribution in [0.2, 0.25) is 0 Å². The topological polar surface area (TPSA) is 85.5 Å². The van der Waals surface area contributed by atoms with Crippen molar-refractivity contribution in [2.75, 3.05) is 27.2 Å². The summed E-state index contributed by atoms with van der Waals surface area (Å²) in [6.45, 7) is 2.17. The summed E-state index contributed by atoms with van der Waals surface area (Å²) >= 11 is 0. The molecule has 0 saturated carbocycles. The zero-order valence-electron chi connectivity index (χ0n) is 12.4. The van der Waals surface area contributed by atoms with Crippen LogP contribution in [0, 0.1) is 17.8 Å². The number of hydrogen-bond acceptors (Lipinski definition) is 5. The monoisotopic (exact) mass is 289 g/mol. The molecule has 21 heavy (non-hydrogen) atoms. The lowest BCUT2D eigenvalue weighted by molar-refractivity contribution is -0.145. The van der Waals surface area contributed by atoms with Crippen molar-refractivity contribution in [3.8, 4) is 11.8 Å². The molecule has 2 N–H and O–H groups in total. The van der Waals surface area contributed by atoms with E-state index in [0.29, 0.717) is 11.1 Å². The SMILES string of the molecule is COC(=O)C(C)CN(C)C(=O)c1ccncc1C#CCN. The van der Waals surface area contributed by atoms with Crippen molar-refractivity contribution in [2.45, 2.75) is 6.92 Å². The molecule has 0 aromatic carbocycles. The Morgan fingerprint density at radius 1 is 1.52 bits per heavy atom. The van der Waals surface area contributed by atoms with Gasteiger partial charge in [-0.15, -0.1) is 0 Å². The normalized spacial score (nSPS) is 11.0. The average molecular weight is 289 g/mol. The largest absolute Gasteiger partial charge is 0.469 e. The Labute approximate surface area is 124 Å². The summed E-state index contributed by atoms with van der Waals surface area (Å²) in [7, 11) is 2.95. The fourth-order valence-corrected chi connectivity index (χ4v) is 1.80. The lowest BCUT2D eigenvalue weighted by Crippen LogP contribution is -2.34. The van der Waals surface area contributed by atoms with Gasteiger partial charge in [-0.25, -0.2) is 0 Å². The molecular weight excluding hydrogens is 270 g/mol. The van der Waals surface area contributed by atoms with Gasteiger partial charge in [0.05, 0.1) is 30.7 Å². The number of nitrogens with zero attached hydrogens (tertiary/aromatic N) is 2. The molecule has 1 aromatic rings. The minimum Gasteiger partial charge on any atom is -0.469 e. The highest BCUT2D eigenvalue weighted by atomic mass is 16.5. The molecule has 6 heteroatoms. The van der Waals surface area contributed by atoms with Crippen molar-refractivity contribution in [1.29, 1.82) is 0 Å². The quantitative estimate of drug-likeness (QED) is 0.635. The fourth-order valence-electron chi connectivity index (χ4n) is 1.80. The van der Waals surface area contributed by atoms with E-state index in [2.05, 4.69) is 21.6 Å². The van der Waals surface area contributed by atoms with Gasteiger partial charge in [0.2, 0.25) is 0 Å². The van der Waals surface area contributed by atoms with Crippen LogP contribution in [-0.4, -0.2) is 49.0 Å². The summed E-state index contributed by atoms with van der Waals surface area (Å²) in [4.78, 5) is 29.2. The smallest absolute Gasteiger partial charge is 0.310 e. The van der Waals surface area contributed by atoms with Crippen LogP contribution in [0.1, 0.15) is 22.8 Å². The van der Waals surface area contributed by atoms with Crippen LogP contribution >= 0.6 is 0 Å². The number of esters is 1. The van der Waals surface area contributed by atoms with Gasteiger partial charge in [-0.2, -0.15) is 0 Å². The zero-order chi connectivity index (χ0) is 15.8. The molecule has 1 unspecified atom stereocenters. The molecule has 1 aromatic heterocycles. The number of amides is 1. The number of ether oxygens (including phenoxy) is 1. The Morgan fingerprint density at radius 2 is 2.24 bits per heavy atom. The van der Waals surface area contributed by atoms with Gasteiger partial charge in [0.25, 0.3) is 5.91 Å². The van der Waals surface area contributed by atoms with Gasteiger partial charge in [0.1, 0.15) is 0 Å². The second-order valence-electron chi connectivity index (χ2n) is 4.54. The first-order valence-electron chi connectivity index (χ1n) is 6.47. The lowest BCUT2D eigenvalue weighted by atomic mass is 10.1. The van der Waals surface area contributed by atoms with E-state index in [1.807, 2.05) is 0 Å². The van der Waals surface area contributed by atoms with Crippen LogP contribution in [0.25, 0.3) is 0 Å². The highest BCUT2D eigenvalue weighted by Crippen LogP contribution is 2.10. The lowest BCUT2D eigenvalue weighted by Gasteiger charge is -2.20. The number of pyridine rings is 1. The molecule has 0 aliphatic carbocycles. The first-order chi connectivity index (χ1) is 10.0. The molecule has 0 radical (unpaired) electrons. The Balaban J connectivity index is 2.90. The van der Waals surface area contributed by atoms with Crippen molar-refractivity contribution in [2.24, 2.45) is 11.7 Å². The van der Waals surface area contributed by atoms with Gasteiger partial charge >= 0.3 is 5.97 Å². The third kappa shape index (κ3) is 4.58. The van der Waals surface area contributed by atoms with Crippen LogP contribution in [0.3, 0.4) is 0 Å². The van der Waals surface area contributed by atoms with Crippen LogP contribution in [0.5, 0.6) is 0 Å². The summed E-state index contributed by atoms with van der Waals surface area (Å²) in [5.41, 5.74) is 6.29. The van der Waals surface area contributed by atoms with Crippen molar-refractivity contribution >= 4 is 11.9 Å². The molecule has 1 amide bonds. The first kappa shape index (κ1) is 16.7. The van der Waals surface area contributed by atoms with E-state index >= 15 is 0 Å². The molecule has 0 spiro atoms. The molecule has 1 heterocycles. The molecular formula is C15H19N3O3. The van der Waals surface area contributed by atoms with E-state index in [1.165, 1.54) is 24.4 Å². The molecule has 0 bridgehead atoms. The Morgan fingerprint density at radius 3 is 2.86 bits per heavy atom. The highest BCUT2D eigenvalue weighted by Gasteiger charge is 2.21. The maximum atomic E-state index is 12.4. The van der Waals surface area contributed by atoms with E-state index in [-0.39, 0.29) is 25.0 Å². The van der Waals surface area contributed by atoms with E-state index in [1.54, 1.807) is 20.0 Å². The van der Waals surface area contributed by atoms with Crippen LogP contribution in [0.15, 0.2) is 18.5 Å². The number of methoxy groups -OCH3 is 1. The van der Waals surface area contributed by atoms with Crippen molar-refractivity contribution in [1.82, 2.24) is 9.88 Å². The average Bonchev–Trinajstić information content (AvgIpc) is 2.51. The third-order valence-electron chi connectivity index (χ3n) is 2.87. The van der Waals surface area contributed by atoms with Gasteiger partial charge in [-0.3, -0.25) is 14.6 Å². The molecule has 1 atom stereocenters. The van der Waals surface area contributed by atoms with Gasteiger partial charge < -0.3 is 15.4 Å². The summed E-state index contributed by atoms with van der Waals surface area (Å²) in [5, 5.41) is 0. The minimum absolute atomic E-state index is 0.206. The Kier molecular flexibility index (Phi) is 6.37. The molecule has 0 saturated heterocycles. The van der Waals surface area contributed by atoms with Crippen LogP contribution < -0.4 is 5.73 Å². The number of nitrogens with two attached hydrogens (primary N) is 1. The summed E-state index contributed by atoms with van der Waals surface area (Å²) in [6.07, 6.45) is 3.05. The molecule has 0 aliphatic rings. The predicted octanol–water partition coefficient (Wildman–Crippen LogP) is 0.273. The van der Waals surface area contributed by atoms with Crippen LogP contribution in [0.4, 0.5) is 0 Å². The second kappa shape index (κ2) is 8.02. The molecule has 0 fully saturated rings. The summed E-state index contributed by atoms with van der Waals surface area (Å²) in [5.74, 6) is 4.54. The number of hydrogen-bond donors (Lipinski definition) is 1. The first-order valence-corrected chi connectivity index (χ1v) is 6.47. The summed E-state index contributed by atoms with van der Waals surface area (Å²) in [6, 6.07) is 1.60. The number of aromatic nitrogens is 1. The number of carbonyl (C=O) groups is 2. The van der Waals surface area contributed by atoms with Gasteiger partial charge in [0, 0.05) is 26.0 Å². The maximum absolute atomic E-state index is 12.4. The minimum atomic E-state index is -0.399. The van der Waals surface area contributed by atoms with E-state index in [0.717, 1.165) is 0 Å². The molecule has 0 aliphatic heterocycles. The van der Waals surface area contributed by atoms with Gasteiger partial charge in [-0.05, 0) is 6.07 Å². The van der Waals surface area contributed by atoms with E-state index in [9.17, 15) is 9.59 Å².